The summed E-state index contributed by atoms with van der Waals surface area (Å²) in [5, 5.41) is 22.0. The highest BCUT2D eigenvalue weighted by molar-refractivity contribution is 5.75. The number of ether oxygens (including phenoxy) is 17. The maximum absolute atomic E-state index is 13.5. The number of azide groups is 6. The third-order valence-corrected chi connectivity index (χ3v) is 13.2. The molecule has 511 valence electrons. The third-order valence-electron chi connectivity index (χ3n) is 13.2. The molecule has 0 aromatic rings. The van der Waals surface area contributed by atoms with Crippen molar-refractivity contribution in [3.63, 3.8) is 0 Å². The Labute approximate surface area is 530 Å². The van der Waals surface area contributed by atoms with Crippen LogP contribution in [0.4, 0.5) is 0 Å². The minimum Gasteiger partial charge on any atom is -0.463 e. The predicted octanol–water partition coefficient (Wildman–Crippen LogP) is 3.95. The Morgan fingerprint density at radius 3 is 1.09 bits per heavy atom. The van der Waals surface area contributed by atoms with Crippen molar-refractivity contribution in [2.45, 2.75) is 224 Å². The minimum atomic E-state index is -2.21. The first-order chi connectivity index (χ1) is 42.8. The van der Waals surface area contributed by atoms with E-state index >= 15 is 0 Å². The van der Waals surface area contributed by atoms with Gasteiger partial charge in [-0.05, 0) is 39.6 Å². The van der Waals surface area contributed by atoms with Crippen LogP contribution < -0.4 is 0 Å². The van der Waals surface area contributed by atoms with Crippen molar-refractivity contribution in [3.05, 3.63) is 62.7 Å². The molecule has 5 aliphatic rings. The highest BCUT2D eigenvalue weighted by Gasteiger charge is 2.60. The van der Waals surface area contributed by atoms with Crippen molar-refractivity contribution in [2.75, 3.05) is 26.3 Å². The number of esters is 9. The van der Waals surface area contributed by atoms with Gasteiger partial charge in [0.1, 0.15) is 61.4 Å². The van der Waals surface area contributed by atoms with Gasteiger partial charge in [0.2, 0.25) is 0 Å². The van der Waals surface area contributed by atoms with Crippen LogP contribution in [0.3, 0.4) is 0 Å². The summed E-state index contributed by atoms with van der Waals surface area (Å²) >= 11 is 0. The number of hydrogen-bond acceptors (Lipinski definition) is 32. The number of rotatable bonds is 27. The summed E-state index contributed by atoms with van der Waals surface area (Å²) in [5.74, 6) is -9.06. The van der Waals surface area contributed by atoms with E-state index in [2.05, 4.69) is 60.2 Å². The SMILES string of the molecule is C.C.CC(=O)OC[C@H]1O[C@@H](OC[C@H]2O[C@@H](O[C@@H]3C(OC(C)=O)[C@H](N=[N+]=[N-])CC(N=[N+]=[N-])[C@H]3O[C@H]3OC(CN=[N+]=[N-])[C@@H](OC(C)=O)[C@H](OC(C)=O)C3N=[N+]=[N-])C(OC(C)=O)[C@H]2O[C@H]2O[C@@H](CN=[N+]=[N-])[C@@H](OC(C)=O)C(OC(C)=O)C2N=[N+]=[N-])C(OC(C)=O)[C@H]1OC(C)=O.[2HH].[B]. The van der Waals surface area contributed by atoms with Gasteiger partial charge in [0.25, 0.3) is 0 Å². The molecular formula is C48H70BN18O26. The zero-order valence-electron chi connectivity index (χ0n) is 49.6. The van der Waals surface area contributed by atoms with Crippen LogP contribution in [-0.4, -0.2) is 229 Å². The van der Waals surface area contributed by atoms with E-state index in [4.69, 9.17) is 80.5 Å². The molecule has 0 N–H and O–H groups in total. The fraction of sp³-hybridized carbons (Fsp3) is 0.812. The monoisotopic (exact) mass is 1330 g/mol. The average molecular weight is 1330 g/mol. The average Bonchev–Trinajstić information content (AvgIpc) is 1.17. The Bertz CT molecular complexity index is 2990. The van der Waals surface area contributed by atoms with Crippen molar-refractivity contribution in [1.29, 1.82) is 0 Å². The fourth-order valence-electron chi connectivity index (χ4n) is 10.3. The summed E-state index contributed by atoms with van der Waals surface area (Å²) in [4.78, 5) is 131. The van der Waals surface area contributed by atoms with Crippen LogP contribution >= 0.6 is 0 Å². The molecule has 5 rings (SSSR count). The maximum Gasteiger partial charge on any atom is 0.303 e. The van der Waals surface area contributed by atoms with E-state index in [0.717, 1.165) is 62.3 Å². The van der Waals surface area contributed by atoms with Gasteiger partial charge in [-0.25, -0.2) is 0 Å². The van der Waals surface area contributed by atoms with Crippen molar-refractivity contribution in [3.8, 4) is 0 Å². The molecule has 0 spiro atoms. The lowest BCUT2D eigenvalue weighted by Crippen LogP contribution is -2.65. The van der Waals surface area contributed by atoms with Crippen LogP contribution in [0.25, 0.3) is 62.7 Å². The first kappa shape index (κ1) is 79.9. The van der Waals surface area contributed by atoms with Crippen molar-refractivity contribution in [2.24, 2.45) is 30.7 Å². The molecule has 23 atom stereocenters. The topological polar surface area (TPSA) is 603 Å². The van der Waals surface area contributed by atoms with Crippen LogP contribution in [0.1, 0.15) is 85.0 Å². The molecule has 45 heteroatoms. The molecule has 5 fully saturated rings. The zero-order chi connectivity index (χ0) is 66.5. The van der Waals surface area contributed by atoms with E-state index in [1.807, 2.05) is 0 Å². The summed E-state index contributed by atoms with van der Waals surface area (Å²) in [6.07, 6.45) is -35.6. The van der Waals surface area contributed by atoms with E-state index < -0.39 is 227 Å². The van der Waals surface area contributed by atoms with Crippen molar-refractivity contribution < 1.29 is 125 Å². The Morgan fingerprint density at radius 1 is 0.366 bits per heavy atom. The van der Waals surface area contributed by atoms with Crippen LogP contribution in [0.15, 0.2) is 30.7 Å². The quantitative estimate of drug-likeness (QED) is 0.0280. The van der Waals surface area contributed by atoms with Gasteiger partial charge < -0.3 is 80.5 Å². The molecule has 93 heavy (non-hydrogen) atoms. The molecule has 44 nitrogen and oxygen atoms in total. The molecule has 3 radical (unpaired) electrons. The smallest absolute Gasteiger partial charge is 0.303 e. The van der Waals surface area contributed by atoms with Gasteiger partial charge >= 0.3 is 53.7 Å². The third kappa shape index (κ3) is 22.0. The van der Waals surface area contributed by atoms with Gasteiger partial charge in [-0.2, -0.15) is 0 Å². The van der Waals surface area contributed by atoms with E-state index in [0.29, 0.717) is 0 Å². The van der Waals surface area contributed by atoms with Crippen LogP contribution in [0.5, 0.6) is 0 Å². The highest BCUT2D eigenvalue weighted by atomic mass is 16.8. The molecule has 1 aliphatic carbocycles. The lowest BCUT2D eigenvalue weighted by atomic mass is 9.83. The first-order valence-corrected chi connectivity index (χ1v) is 26.7. The summed E-state index contributed by atoms with van der Waals surface area (Å²) in [7, 11) is 0. The zero-order valence-corrected chi connectivity index (χ0v) is 49.6. The van der Waals surface area contributed by atoms with Crippen LogP contribution in [-0.2, 0) is 124 Å². The van der Waals surface area contributed by atoms with Crippen LogP contribution in [0, 0.1) is 0 Å². The summed E-state index contributed by atoms with van der Waals surface area (Å²) < 4.78 is 100. The minimum absolute atomic E-state index is 0. The van der Waals surface area contributed by atoms with E-state index in [1.54, 1.807) is 0 Å². The first-order valence-electron chi connectivity index (χ1n) is 26.7. The van der Waals surface area contributed by atoms with Crippen LogP contribution in [0.2, 0.25) is 0 Å². The summed E-state index contributed by atoms with van der Waals surface area (Å²) in [6, 6.07) is -7.10. The largest absolute Gasteiger partial charge is 0.463 e. The number of carbonyl (C=O) groups is 9. The number of carbonyl (C=O) groups excluding carboxylic acids is 9. The summed E-state index contributed by atoms with van der Waals surface area (Å²) in [5.41, 5.74) is 58.5. The Kier molecular flexibility index (Phi) is 32.7. The van der Waals surface area contributed by atoms with Gasteiger partial charge in [0, 0.05) is 102 Å². The normalized spacial score (nSPS) is 32.9. The van der Waals surface area contributed by atoms with Crippen molar-refractivity contribution in [1.82, 2.24) is 0 Å². The lowest BCUT2D eigenvalue weighted by Gasteiger charge is -2.48. The molecule has 0 bridgehead atoms. The van der Waals surface area contributed by atoms with Gasteiger partial charge in [-0.15, -0.1) is 0 Å². The molecule has 4 aliphatic heterocycles. The predicted molar refractivity (Wildman–Crippen MR) is 302 cm³/mol. The maximum atomic E-state index is 13.5. The molecule has 0 aromatic carbocycles. The van der Waals surface area contributed by atoms with Gasteiger partial charge in [-0.3, -0.25) is 43.2 Å². The Hall–Kier alpha value is -9.17. The van der Waals surface area contributed by atoms with E-state index in [-0.39, 0.29) is 24.7 Å². The van der Waals surface area contributed by atoms with Gasteiger partial charge in [0.05, 0.1) is 37.9 Å². The molecule has 1 saturated carbocycles. The Morgan fingerprint density at radius 2 is 0.688 bits per heavy atom. The molecule has 0 amide bonds. The lowest BCUT2D eigenvalue weighted by molar-refractivity contribution is -0.309. The standard InChI is InChI=1S/C46H60N18O26.2CH4.B.H2/c1-15(65)74-13-28-36(79-19(5)69)41(82-22(8)72)45(86-28)75-14-29-37(89-44-31(58-64-52)39(81-21(7)71)35(78-18(4)68)27(85-44)12-54-60-48)42(83-23(9)73)46(87-29)90-40-32(76-16(2)66)24(55-61-49)10-25(56-62-50)33(40)88-43-30(57-63-51)38(80-20(6)70)34(77-17(3)67)26(84-43)11-53-59-47;;;;/h24-46H,10-14H2,1-9H3;2*1H4;;1H/t24-,25?,26?,27+,28-,29-,30?,31?,32?,33-,34-,35-,36+,37+,38-,39?,40-,41?,42?,43-,44-,45-,46+;;;;/m1..../s1/i;;;;1+1. The molecule has 0 aromatic heterocycles. The van der Waals surface area contributed by atoms with E-state index in [9.17, 15) is 76.3 Å². The molecule has 4 saturated heterocycles. The summed E-state index contributed by atoms with van der Waals surface area (Å²) in [6.45, 7) is 5.66. The number of nitrogens with zero attached hydrogens (tertiary/aromatic N) is 18. The molecule has 4 heterocycles. The Balaban J connectivity index is 0.0000110. The van der Waals surface area contributed by atoms with Crippen molar-refractivity contribution >= 4 is 62.1 Å². The second-order valence-corrected chi connectivity index (χ2v) is 19.7. The second kappa shape index (κ2) is 38.0. The molecular weight excluding hydrogens is 1260 g/mol. The van der Waals surface area contributed by atoms with Gasteiger partial charge in [0.15, 0.2) is 67.9 Å². The number of hydrogen-bond donors (Lipinski definition) is 0. The second-order valence-electron chi connectivity index (χ2n) is 19.7. The van der Waals surface area contributed by atoms with E-state index in [1.165, 1.54) is 0 Å². The molecule has 8 unspecified atom stereocenters. The highest BCUT2D eigenvalue weighted by Crippen LogP contribution is 2.42. The van der Waals surface area contributed by atoms with Gasteiger partial charge in [-0.1, -0.05) is 45.5 Å². The fourth-order valence-corrected chi connectivity index (χ4v) is 10.3.